The van der Waals surface area contributed by atoms with Crippen LogP contribution in [0.25, 0.3) is 0 Å². The minimum absolute atomic E-state index is 0.148. The molecule has 1 rings (SSSR count). The van der Waals surface area contributed by atoms with E-state index in [1.165, 1.54) is 0 Å². The first-order valence-electron chi connectivity index (χ1n) is 6.00. The second kappa shape index (κ2) is 6.92. The molecule has 2 nitrogen and oxygen atoms in total. The highest BCUT2D eigenvalue weighted by atomic mass is 79.9. The summed E-state index contributed by atoms with van der Waals surface area (Å²) in [6.45, 7) is 4.65. The van der Waals surface area contributed by atoms with Crippen LogP contribution in [-0.4, -0.2) is 12.3 Å². The topological polar surface area (TPSA) is 43.1 Å². The largest absolute Gasteiger partial charge is 0.330 e. The van der Waals surface area contributed by atoms with Crippen molar-refractivity contribution in [1.82, 2.24) is 0 Å². The van der Waals surface area contributed by atoms with Crippen LogP contribution >= 0.6 is 15.9 Å². The molecule has 0 saturated carbocycles. The molecule has 0 radical (unpaired) electrons. The summed E-state index contributed by atoms with van der Waals surface area (Å²) in [5, 5.41) is 0. The number of benzene rings is 1. The van der Waals surface area contributed by atoms with Crippen molar-refractivity contribution >= 4 is 21.7 Å². The van der Waals surface area contributed by atoms with Gasteiger partial charge in [0, 0.05) is 23.2 Å². The van der Waals surface area contributed by atoms with Crippen LogP contribution < -0.4 is 5.73 Å². The highest BCUT2D eigenvalue weighted by Gasteiger charge is 2.15. The summed E-state index contributed by atoms with van der Waals surface area (Å²) in [6, 6.07) is 8.05. The van der Waals surface area contributed by atoms with E-state index in [-0.39, 0.29) is 5.92 Å². The van der Waals surface area contributed by atoms with E-state index < -0.39 is 0 Å². The molecule has 0 heterocycles. The Balaban J connectivity index is 2.65. The van der Waals surface area contributed by atoms with Crippen molar-refractivity contribution in [2.75, 3.05) is 6.54 Å². The van der Waals surface area contributed by atoms with E-state index in [4.69, 9.17) is 5.73 Å². The standard InChI is InChI=1S/C14H20BrNO/c1-10(2)7-14(17)8-12(9-16)11-3-5-13(15)6-4-11/h3-6,10,12H,7-9,16H2,1-2H3. The molecule has 1 atom stereocenters. The molecule has 94 valence electrons. The molecule has 1 aromatic rings. The third kappa shape index (κ3) is 5.00. The molecular weight excluding hydrogens is 278 g/mol. The summed E-state index contributed by atoms with van der Waals surface area (Å²) in [5.41, 5.74) is 6.90. The Morgan fingerprint density at radius 1 is 1.24 bits per heavy atom. The van der Waals surface area contributed by atoms with E-state index in [1.54, 1.807) is 0 Å². The van der Waals surface area contributed by atoms with Gasteiger partial charge in [-0.3, -0.25) is 4.79 Å². The van der Waals surface area contributed by atoms with Crippen LogP contribution in [0.5, 0.6) is 0 Å². The van der Waals surface area contributed by atoms with E-state index in [0.717, 1.165) is 10.0 Å². The van der Waals surface area contributed by atoms with E-state index in [0.29, 0.717) is 31.1 Å². The molecule has 3 heteroatoms. The van der Waals surface area contributed by atoms with Gasteiger partial charge in [0.2, 0.25) is 0 Å². The van der Waals surface area contributed by atoms with Gasteiger partial charge in [-0.05, 0) is 30.2 Å². The van der Waals surface area contributed by atoms with Gasteiger partial charge in [0.25, 0.3) is 0 Å². The lowest BCUT2D eigenvalue weighted by molar-refractivity contribution is -0.120. The lowest BCUT2D eigenvalue weighted by Crippen LogP contribution is -2.17. The Hall–Kier alpha value is -0.670. The van der Waals surface area contributed by atoms with Crippen LogP contribution in [0.15, 0.2) is 28.7 Å². The predicted molar refractivity (Wildman–Crippen MR) is 75.0 cm³/mol. The summed E-state index contributed by atoms with van der Waals surface area (Å²) in [5.74, 6) is 0.874. The van der Waals surface area contributed by atoms with Crippen LogP contribution in [0.3, 0.4) is 0 Å². The first kappa shape index (κ1) is 14.4. The van der Waals surface area contributed by atoms with Gasteiger partial charge in [-0.25, -0.2) is 0 Å². The lowest BCUT2D eigenvalue weighted by Gasteiger charge is -2.15. The zero-order chi connectivity index (χ0) is 12.8. The van der Waals surface area contributed by atoms with Crippen molar-refractivity contribution in [1.29, 1.82) is 0 Å². The maximum absolute atomic E-state index is 11.8. The molecule has 2 N–H and O–H groups in total. The summed E-state index contributed by atoms with van der Waals surface area (Å²) < 4.78 is 1.05. The number of carbonyl (C=O) groups excluding carboxylic acids is 1. The van der Waals surface area contributed by atoms with Gasteiger partial charge in [0.05, 0.1) is 0 Å². The minimum atomic E-state index is 0.148. The van der Waals surface area contributed by atoms with E-state index in [1.807, 2.05) is 24.3 Å². The smallest absolute Gasteiger partial charge is 0.133 e. The van der Waals surface area contributed by atoms with Crippen LogP contribution in [-0.2, 0) is 4.79 Å². The second-order valence-corrected chi connectivity index (χ2v) is 5.74. The summed E-state index contributed by atoms with van der Waals surface area (Å²) >= 11 is 3.40. The van der Waals surface area contributed by atoms with Gasteiger partial charge in [-0.2, -0.15) is 0 Å². The minimum Gasteiger partial charge on any atom is -0.330 e. The van der Waals surface area contributed by atoms with E-state index in [9.17, 15) is 4.79 Å². The SMILES string of the molecule is CC(C)CC(=O)CC(CN)c1ccc(Br)cc1. The zero-order valence-electron chi connectivity index (χ0n) is 10.4. The number of halogens is 1. The van der Waals surface area contributed by atoms with Crippen LogP contribution in [0.4, 0.5) is 0 Å². The Bertz CT molecular complexity index is 359. The highest BCUT2D eigenvalue weighted by molar-refractivity contribution is 9.10. The fraction of sp³-hybridized carbons (Fsp3) is 0.500. The Morgan fingerprint density at radius 3 is 2.29 bits per heavy atom. The average Bonchev–Trinajstić information content (AvgIpc) is 2.26. The van der Waals surface area contributed by atoms with Gasteiger partial charge in [-0.1, -0.05) is 41.9 Å². The number of ketones is 1. The van der Waals surface area contributed by atoms with E-state index in [2.05, 4.69) is 29.8 Å². The monoisotopic (exact) mass is 297 g/mol. The number of hydrogen-bond donors (Lipinski definition) is 1. The van der Waals surface area contributed by atoms with Crippen molar-refractivity contribution in [2.45, 2.75) is 32.6 Å². The number of nitrogens with two attached hydrogens (primary N) is 1. The fourth-order valence-corrected chi connectivity index (χ4v) is 2.15. The first-order chi connectivity index (χ1) is 8.02. The molecule has 0 aliphatic carbocycles. The normalized spacial score (nSPS) is 12.8. The van der Waals surface area contributed by atoms with Gasteiger partial charge in [0.1, 0.15) is 5.78 Å². The third-order valence-corrected chi connectivity index (χ3v) is 3.26. The molecule has 1 aromatic carbocycles. The zero-order valence-corrected chi connectivity index (χ0v) is 12.0. The van der Waals surface area contributed by atoms with Gasteiger partial charge in [0.15, 0.2) is 0 Å². The Morgan fingerprint density at radius 2 is 1.82 bits per heavy atom. The van der Waals surface area contributed by atoms with E-state index >= 15 is 0 Å². The second-order valence-electron chi connectivity index (χ2n) is 4.82. The Kier molecular flexibility index (Phi) is 5.86. The number of carbonyl (C=O) groups is 1. The average molecular weight is 298 g/mol. The fourth-order valence-electron chi connectivity index (χ4n) is 1.89. The molecule has 0 aliphatic heterocycles. The van der Waals surface area contributed by atoms with Crippen molar-refractivity contribution in [3.8, 4) is 0 Å². The molecule has 0 spiro atoms. The maximum Gasteiger partial charge on any atom is 0.133 e. The molecule has 0 fully saturated rings. The predicted octanol–water partition coefficient (Wildman–Crippen LogP) is 3.50. The quantitative estimate of drug-likeness (QED) is 0.873. The Labute approximate surface area is 112 Å². The molecule has 0 bridgehead atoms. The lowest BCUT2D eigenvalue weighted by atomic mass is 9.91. The van der Waals surface area contributed by atoms with Gasteiger partial charge in [-0.15, -0.1) is 0 Å². The highest BCUT2D eigenvalue weighted by Crippen LogP contribution is 2.22. The molecule has 1 unspecified atom stereocenters. The molecule has 17 heavy (non-hydrogen) atoms. The van der Waals surface area contributed by atoms with Crippen LogP contribution in [0, 0.1) is 5.92 Å². The van der Waals surface area contributed by atoms with Crippen molar-refractivity contribution in [3.05, 3.63) is 34.3 Å². The number of Topliss-reactive ketones (excluding diaryl/α,β-unsaturated/α-hetero) is 1. The van der Waals surface area contributed by atoms with Gasteiger partial charge >= 0.3 is 0 Å². The van der Waals surface area contributed by atoms with Crippen LogP contribution in [0.1, 0.15) is 38.2 Å². The summed E-state index contributed by atoms with van der Waals surface area (Å²) in [6.07, 6.45) is 1.20. The molecule has 0 amide bonds. The summed E-state index contributed by atoms with van der Waals surface area (Å²) in [7, 11) is 0. The third-order valence-electron chi connectivity index (χ3n) is 2.74. The number of hydrogen-bond acceptors (Lipinski definition) is 2. The summed E-state index contributed by atoms with van der Waals surface area (Å²) in [4.78, 5) is 11.8. The maximum atomic E-state index is 11.8. The van der Waals surface area contributed by atoms with Crippen molar-refractivity contribution in [3.63, 3.8) is 0 Å². The van der Waals surface area contributed by atoms with Crippen LogP contribution in [0.2, 0.25) is 0 Å². The molecule has 0 aliphatic rings. The molecule has 0 aromatic heterocycles. The molecular formula is C14H20BrNO. The van der Waals surface area contributed by atoms with Crippen molar-refractivity contribution < 1.29 is 4.79 Å². The van der Waals surface area contributed by atoms with Gasteiger partial charge < -0.3 is 5.73 Å². The van der Waals surface area contributed by atoms with Crippen molar-refractivity contribution in [2.24, 2.45) is 11.7 Å². The first-order valence-corrected chi connectivity index (χ1v) is 6.79. The number of rotatable bonds is 6. The molecule has 0 saturated heterocycles.